The summed E-state index contributed by atoms with van der Waals surface area (Å²) >= 11 is 3.52. The first-order valence-corrected chi connectivity index (χ1v) is 11.4. The van der Waals surface area contributed by atoms with Gasteiger partial charge in [-0.3, -0.25) is 4.79 Å². The number of benzene rings is 2. The Balaban J connectivity index is 1.43. The SMILES string of the molecule is Cc1cc(OCC(=O)OCCCNC(=O)c2cc3ccccc3oc2=O)c(C(C)C)cc1Br. The predicted molar refractivity (Wildman–Crippen MR) is 129 cm³/mol. The lowest BCUT2D eigenvalue weighted by Crippen LogP contribution is -2.29. The predicted octanol–water partition coefficient (Wildman–Crippen LogP) is 4.73. The van der Waals surface area contributed by atoms with E-state index in [2.05, 4.69) is 35.1 Å². The van der Waals surface area contributed by atoms with Gasteiger partial charge in [0.25, 0.3) is 5.91 Å². The number of para-hydroxylation sites is 1. The fourth-order valence-corrected chi connectivity index (χ4v) is 3.56. The van der Waals surface area contributed by atoms with Crippen LogP contribution in [0.1, 0.15) is 47.7 Å². The fourth-order valence-electron chi connectivity index (χ4n) is 3.20. The molecule has 0 saturated carbocycles. The average Bonchev–Trinajstić information content (AvgIpc) is 2.78. The molecule has 174 valence electrons. The third kappa shape index (κ3) is 6.44. The summed E-state index contributed by atoms with van der Waals surface area (Å²) in [5.41, 5.74) is 1.68. The average molecular weight is 516 g/mol. The van der Waals surface area contributed by atoms with E-state index in [0.717, 1.165) is 15.6 Å². The maximum absolute atomic E-state index is 12.3. The van der Waals surface area contributed by atoms with Crippen molar-refractivity contribution in [1.82, 2.24) is 5.32 Å². The number of rotatable bonds is 9. The summed E-state index contributed by atoms with van der Waals surface area (Å²) in [6, 6.07) is 12.4. The van der Waals surface area contributed by atoms with E-state index in [4.69, 9.17) is 13.9 Å². The van der Waals surface area contributed by atoms with E-state index in [-0.39, 0.29) is 31.2 Å². The molecular formula is C25H26BrNO6. The normalized spacial score (nSPS) is 10.9. The number of hydrogen-bond donors (Lipinski definition) is 1. The van der Waals surface area contributed by atoms with Gasteiger partial charge >= 0.3 is 11.6 Å². The Kier molecular flexibility index (Phi) is 8.27. The second-order valence-electron chi connectivity index (χ2n) is 7.90. The van der Waals surface area contributed by atoms with Crippen LogP contribution in [0.4, 0.5) is 0 Å². The third-order valence-corrected chi connectivity index (χ3v) is 5.87. The molecule has 0 fully saturated rings. The molecule has 1 aromatic heterocycles. The molecule has 1 heterocycles. The van der Waals surface area contributed by atoms with Crippen LogP contribution in [0.5, 0.6) is 5.75 Å². The quantitative estimate of drug-likeness (QED) is 0.251. The number of hydrogen-bond acceptors (Lipinski definition) is 6. The van der Waals surface area contributed by atoms with E-state index in [1.54, 1.807) is 24.3 Å². The zero-order chi connectivity index (χ0) is 24.0. The smallest absolute Gasteiger partial charge is 0.349 e. The third-order valence-electron chi connectivity index (χ3n) is 5.01. The molecule has 3 rings (SSSR count). The number of nitrogens with one attached hydrogen (secondary N) is 1. The van der Waals surface area contributed by atoms with Crippen molar-refractivity contribution in [3.63, 3.8) is 0 Å². The van der Waals surface area contributed by atoms with Gasteiger partial charge in [-0.2, -0.15) is 0 Å². The molecule has 0 saturated heterocycles. The minimum absolute atomic E-state index is 0.0650. The van der Waals surface area contributed by atoms with E-state index in [9.17, 15) is 14.4 Å². The van der Waals surface area contributed by atoms with Crippen LogP contribution < -0.4 is 15.7 Å². The zero-order valence-electron chi connectivity index (χ0n) is 18.8. The van der Waals surface area contributed by atoms with Crippen LogP contribution >= 0.6 is 15.9 Å². The van der Waals surface area contributed by atoms with Crippen molar-refractivity contribution in [2.24, 2.45) is 0 Å². The largest absolute Gasteiger partial charge is 0.482 e. The van der Waals surface area contributed by atoms with Crippen LogP contribution in [0, 0.1) is 6.92 Å². The molecule has 0 atom stereocenters. The van der Waals surface area contributed by atoms with Gasteiger partial charge in [0, 0.05) is 16.4 Å². The summed E-state index contributed by atoms with van der Waals surface area (Å²) in [6.07, 6.45) is 0.394. The molecule has 33 heavy (non-hydrogen) atoms. The second kappa shape index (κ2) is 11.1. The highest BCUT2D eigenvalue weighted by Crippen LogP contribution is 2.32. The van der Waals surface area contributed by atoms with Gasteiger partial charge in [-0.1, -0.05) is 48.0 Å². The Hall–Kier alpha value is -3.13. The minimum Gasteiger partial charge on any atom is -0.482 e. The molecule has 0 radical (unpaired) electrons. The maximum atomic E-state index is 12.3. The van der Waals surface area contributed by atoms with E-state index in [1.807, 2.05) is 19.1 Å². The van der Waals surface area contributed by atoms with Crippen molar-refractivity contribution in [3.05, 3.63) is 74.0 Å². The van der Waals surface area contributed by atoms with E-state index < -0.39 is 17.5 Å². The zero-order valence-corrected chi connectivity index (χ0v) is 20.4. The summed E-state index contributed by atoms with van der Waals surface area (Å²) in [7, 11) is 0. The summed E-state index contributed by atoms with van der Waals surface area (Å²) < 4.78 is 17.0. The van der Waals surface area contributed by atoms with Crippen LogP contribution in [0.15, 0.2) is 56.1 Å². The molecule has 1 N–H and O–H groups in total. The number of aryl methyl sites for hydroxylation is 1. The fraction of sp³-hybridized carbons (Fsp3) is 0.320. The molecule has 0 aliphatic heterocycles. The highest BCUT2D eigenvalue weighted by molar-refractivity contribution is 9.10. The molecule has 8 heteroatoms. The van der Waals surface area contributed by atoms with E-state index >= 15 is 0 Å². The number of esters is 1. The van der Waals surface area contributed by atoms with Crippen molar-refractivity contribution >= 4 is 38.8 Å². The van der Waals surface area contributed by atoms with Gasteiger partial charge in [0.1, 0.15) is 16.9 Å². The lowest BCUT2D eigenvalue weighted by Gasteiger charge is -2.15. The summed E-state index contributed by atoms with van der Waals surface area (Å²) in [5.74, 6) is -0.131. The van der Waals surface area contributed by atoms with Crippen molar-refractivity contribution in [2.75, 3.05) is 19.8 Å². The lowest BCUT2D eigenvalue weighted by molar-refractivity contribution is -0.146. The number of fused-ring (bicyclic) bond motifs is 1. The summed E-state index contributed by atoms with van der Waals surface area (Å²) in [5, 5.41) is 3.31. The van der Waals surface area contributed by atoms with Crippen LogP contribution in [0.3, 0.4) is 0 Å². The Morgan fingerprint density at radius 1 is 1.15 bits per heavy atom. The Morgan fingerprint density at radius 3 is 2.67 bits per heavy atom. The Morgan fingerprint density at radius 2 is 1.91 bits per heavy atom. The Labute approximate surface area is 200 Å². The van der Waals surface area contributed by atoms with Crippen LogP contribution in [0.25, 0.3) is 11.0 Å². The number of amides is 1. The first-order chi connectivity index (χ1) is 15.8. The van der Waals surface area contributed by atoms with Crippen molar-refractivity contribution in [2.45, 2.75) is 33.1 Å². The van der Waals surface area contributed by atoms with E-state index in [1.165, 1.54) is 6.07 Å². The molecule has 0 bridgehead atoms. The number of halogens is 1. The van der Waals surface area contributed by atoms with Crippen LogP contribution in [-0.2, 0) is 9.53 Å². The monoisotopic (exact) mass is 515 g/mol. The molecule has 2 aromatic carbocycles. The summed E-state index contributed by atoms with van der Waals surface area (Å²) in [4.78, 5) is 36.4. The molecule has 7 nitrogen and oxygen atoms in total. The minimum atomic E-state index is -0.696. The van der Waals surface area contributed by atoms with Gasteiger partial charge < -0.3 is 19.2 Å². The van der Waals surface area contributed by atoms with Gasteiger partial charge in [0.15, 0.2) is 6.61 Å². The molecule has 3 aromatic rings. The first kappa shape index (κ1) is 24.5. The number of carbonyl (C=O) groups excluding carboxylic acids is 2. The van der Waals surface area contributed by atoms with Gasteiger partial charge in [-0.25, -0.2) is 9.59 Å². The van der Waals surface area contributed by atoms with Gasteiger partial charge in [-0.15, -0.1) is 0 Å². The van der Waals surface area contributed by atoms with Gasteiger partial charge in [0.05, 0.1) is 6.61 Å². The number of carbonyl (C=O) groups is 2. The van der Waals surface area contributed by atoms with Crippen molar-refractivity contribution < 1.29 is 23.5 Å². The lowest BCUT2D eigenvalue weighted by atomic mass is 10.0. The molecular weight excluding hydrogens is 490 g/mol. The molecule has 1 amide bonds. The molecule has 0 aliphatic rings. The van der Waals surface area contributed by atoms with E-state index in [0.29, 0.717) is 23.1 Å². The van der Waals surface area contributed by atoms with Gasteiger partial charge in [-0.05, 0) is 54.7 Å². The Bertz CT molecular complexity index is 1220. The highest BCUT2D eigenvalue weighted by Gasteiger charge is 2.14. The van der Waals surface area contributed by atoms with Crippen LogP contribution in [0.2, 0.25) is 0 Å². The standard InChI is InChI=1S/C25H26BrNO6/c1-15(2)18-13-20(26)16(3)11-22(18)32-14-23(28)31-10-6-9-27-24(29)19-12-17-7-4-5-8-21(17)33-25(19)30/h4-5,7-8,11-13,15H,6,9-10,14H2,1-3H3,(H,27,29). The number of ether oxygens (including phenoxy) is 2. The maximum Gasteiger partial charge on any atom is 0.349 e. The van der Waals surface area contributed by atoms with Gasteiger partial charge in [0.2, 0.25) is 0 Å². The molecule has 0 unspecified atom stereocenters. The summed E-state index contributed by atoms with van der Waals surface area (Å²) in [6.45, 7) is 6.21. The molecule has 0 aliphatic carbocycles. The van der Waals surface area contributed by atoms with Crippen molar-refractivity contribution in [1.29, 1.82) is 0 Å². The van der Waals surface area contributed by atoms with Crippen LogP contribution in [-0.4, -0.2) is 31.6 Å². The first-order valence-electron chi connectivity index (χ1n) is 10.7. The van der Waals surface area contributed by atoms with Crippen molar-refractivity contribution in [3.8, 4) is 5.75 Å². The highest BCUT2D eigenvalue weighted by atomic mass is 79.9. The topological polar surface area (TPSA) is 94.8 Å². The second-order valence-corrected chi connectivity index (χ2v) is 8.75. The molecule has 0 spiro atoms.